The Morgan fingerprint density at radius 1 is 0.516 bits per heavy atom. The molecule has 0 aliphatic heterocycles. The molecular formula is C29H17NS. The largest absolute Gasteiger partial charge is 0.255 e. The van der Waals surface area contributed by atoms with Crippen LogP contribution >= 0.6 is 11.3 Å². The molecule has 0 bridgehead atoms. The van der Waals surface area contributed by atoms with E-state index < -0.39 is 0 Å². The van der Waals surface area contributed by atoms with Crippen molar-refractivity contribution in [3.63, 3.8) is 0 Å². The minimum atomic E-state index is 1.07. The van der Waals surface area contributed by atoms with Crippen molar-refractivity contribution in [2.75, 3.05) is 0 Å². The highest BCUT2D eigenvalue weighted by atomic mass is 32.1. The third kappa shape index (κ3) is 2.52. The van der Waals surface area contributed by atoms with Crippen LogP contribution in [0.4, 0.5) is 0 Å². The molecule has 0 spiro atoms. The van der Waals surface area contributed by atoms with Crippen molar-refractivity contribution in [1.82, 2.24) is 4.98 Å². The number of thiophene rings is 1. The van der Waals surface area contributed by atoms with E-state index in [0.29, 0.717) is 0 Å². The van der Waals surface area contributed by atoms with Gasteiger partial charge in [-0.15, -0.1) is 11.3 Å². The van der Waals surface area contributed by atoms with Gasteiger partial charge in [-0.3, -0.25) is 4.98 Å². The number of fused-ring (bicyclic) bond motifs is 7. The van der Waals surface area contributed by atoms with Gasteiger partial charge in [0, 0.05) is 27.2 Å². The average Bonchev–Trinajstić information content (AvgIpc) is 3.19. The van der Waals surface area contributed by atoms with Crippen molar-refractivity contribution >= 4 is 63.8 Å². The summed E-state index contributed by atoms with van der Waals surface area (Å²) in [7, 11) is 0. The van der Waals surface area contributed by atoms with Gasteiger partial charge in [0.1, 0.15) is 0 Å². The van der Waals surface area contributed by atoms with Gasteiger partial charge in [0.2, 0.25) is 0 Å². The summed E-state index contributed by atoms with van der Waals surface area (Å²) in [5, 5.41) is 10.3. The second-order valence-corrected chi connectivity index (χ2v) is 9.11. The first-order valence-electron chi connectivity index (χ1n) is 10.5. The summed E-state index contributed by atoms with van der Waals surface area (Å²) in [6.45, 7) is 0. The Bertz CT molecular complexity index is 1790. The highest BCUT2D eigenvalue weighted by molar-refractivity contribution is 7.26. The van der Waals surface area contributed by atoms with Crippen molar-refractivity contribution in [2.45, 2.75) is 0 Å². The maximum Gasteiger partial charge on any atom is 0.0880 e. The zero-order valence-electron chi connectivity index (χ0n) is 16.7. The van der Waals surface area contributed by atoms with Gasteiger partial charge in [0.25, 0.3) is 0 Å². The molecule has 5 aromatic carbocycles. The normalized spacial score (nSPS) is 11.9. The molecular weight excluding hydrogens is 394 g/mol. The van der Waals surface area contributed by atoms with Crippen LogP contribution in [-0.2, 0) is 0 Å². The van der Waals surface area contributed by atoms with Gasteiger partial charge in [-0.2, -0.15) is 0 Å². The van der Waals surface area contributed by atoms with Gasteiger partial charge in [0.15, 0.2) is 0 Å². The first-order valence-corrected chi connectivity index (χ1v) is 11.3. The van der Waals surface area contributed by atoms with E-state index in [1.807, 2.05) is 17.5 Å². The lowest BCUT2D eigenvalue weighted by molar-refractivity contribution is 1.37. The van der Waals surface area contributed by atoms with Crippen molar-refractivity contribution in [2.24, 2.45) is 0 Å². The standard InChI is InChI=1S/C29H17NS/c1-2-7-20-17-27-26(16-19(20)6-1)25-13-14-30-28(29(25)31-27)22-11-12-24-21(15-22)10-9-18-5-3-4-8-23(18)24/h1-17H. The van der Waals surface area contributed by atoms with Crippen molar-refractivity contribution < 1.29 is 0 Å². The maximum absolute atomic E-state index is 4.82. The number of benzene rings is 5. The van der Waals surface area contributed by atoms with Crippen molar-refractivity contribution in [1.29, 1.82) is 0 Å². The molecule has 0 atom stereocenters. The first kappa shape index (κ1) is 17.0. The van der Waals surface area contributed by atoms with Crippen molar-refractivity contribution in [3.05, 3.63) is 103 Å². The topological polar surface area (TPSA) is 12.9 Å². The Kier molecular flexibility index (Phi) is 3.49. The molecule has 0 aliphatic carbocycles. The van der Waals surface area contributed by atoms with Gasteiger partial charge in [0.05, 0.1) is 10.4 Å². The van der Waals surface area contributed by atoms with Gasteiger partial charge in [-0.1, -0.05) is 72.8 Å². The van der Waals surface area contributed by atoms with Crippen molar-refractivity contribution in [3.8, 4) is 11.3 Å². The second-order valence-electron chi connectivity index (χ2n) is 8.06. The summed E-state index contributed by atoms with van der Waals surface area (Å²) in [4.78, 5) is 4.82. The van der Waals surface area contributed by atoms with E-state index in [1.54, 1.807) is 0 Å². The highest BCUT2D eigenvalue weighted by Crippen LogP contribution is 2.41. The van der Waals surface area contributed by atoms with Gasteiger partial charge in [-0.05, 0) is 56.6 Å². The Hall–Kier alpha value is -3.75. The minimum Gasteiger partial charge on any atom is -0.255 e. The molecule has 1 nitrogen and oxygen atoms in total. The number of aromatic nitrogens is 1. The van der Waals surface area contributed by atoms with Crippen LogP contribution in [0.3, 0.4) is 0 Å². The van der Waals surface area contributed by atoms with E-state index in [0.717, 1.165) is 5.69 Å². The summed E-state index contributed by atoms with van der Waals surface area (Å²) in [5.41, 5.74) is 2.24. The predicted octanol–water partition coefficient (Wildman–Crippen LogP) is 8.58. The lowest BCUT2D eigenvalue weighted by Crippen LogP contribution is -1.85. The smallest absolute Gasteiger partial charge is 0.0880 e. The van der Waals surface area contributed by atoms with Crippen LogP contribution in [0.25, 0.3) is 63.7 Å². The number of pyridine rings is 1. The summed E-state index contributed by atoms with van der Waals surface area (Å²) in [6, 6.07) is 35.1. The van der Waals surface area contributed by atoms with Crippen LogP contribution in [0, 0.1) is 0 Å². The summed E-state index contributed by atoms with van der Waals surface area (Å²) in [6.07, 6.45) is 1.95. The number of rotatable bonds is 1. The summed E-state index contributed by atoms with van der Waals surface area (Å²) >= 11 is 1.84. The van der Waals surface area contributed by atoms with Crippen LogP contribution < -0.4 is 0 Å². The van der Waals surface area contributed by atoms with Gasteiger partial charge >= 0.3 is 0 Å². The van der Waals surface area contributed by atoms with E-state index in [9.17, 15) is 0 Å². The molecule has 144 valence electrons. The molecule has 0 radical (unpaired) electrons. The fourth-order valence-electron chi connectivity index (χ4n) is 4.75. The molecule has 2 aromatic heterocycles. The Morgan fingerprint density at radius 3 is 2.16 bits per heavy atom. The number of hydrogen-bond acceptors (Lipinski definition) is 2. The Morgan fingerprint density at radius 2 is 1.26 bits per heavy atom. The third-order valence-corrected chi connectivity index (χ3v) is 7.45. The zero-order valence-corrected chi connectivity index (χ0v) is 17.5. The minimum absolute atomic E-state index is 1.07. The van der Waals surface area contributed by atoms with E-state index in [2.05, 4.69) is 97.1 Å². The number of nitrogens with zero attached hydrogens (tertiary/aromatic N) is 1. The quantitative estimate of drug-likeness (QED) is 0.247. The first-order chi connectivity index (χ1) is 15.3. The van der Waals surface area contributed by atoms with Gasteiger partial charge < -0.3 is 0 Å². The molecule has 0 amide bonds. The van der Waals surface area contributed by atoms with Crippen LogP contribution in [0.15, 0.2) is 103 Å². The predicted molar refractivity (Wildman–Crippen MR) is 135 cm³/mol. The molecule has 0 aliphatic rings. The SMILES string of the molecule is c1ccc2cc3c(cc2c1)sc1c(-c2ccc4c(ccc5ccccc54)c2)nccc13. The molecule has 2 heterocycles. The van der Waals surface area contributed by atoms with Crippen LogP contribution in [0.1, 0.15) is 0 Å². The summed E-state index contributed by atoms with van der Waals surface area (Å²) in [5.74, 6) is 0. The fraction of sp³-hybridized carbons (Fsp3) is 0. The fourth-order valence-corrected chi connectivity index (χ4v) is 5.99. The molecule has 31 heavy (non-hydrogen) atoms. The van der Waals surface area contributed by atoms with Crippen LogP contribution in [0.2, 0.25) is 0 Å². The molecule has 2 heteroatoms. The molecule has 0 N–H and O–H groups in total. The van der Waals surface area contributed by atoms with E-state index in [4.69, 9.17) is 4.98 Å². The Labute approximate surface area is 183 Å². The highest BCUT2D eigenvalue weighted by Gasteiger charge is 2.13. The average molecular weight is 412 g/mol. The lowest BCUT2D eigenvalue weighted by atomic mass is 9.98. The zero-order chi connectivity index (χ0) is 20.4. The van der Waals surface area contributed by atoms with Gasteiger partial charge in [-0.25, -0.2) is 0 Å². The van der Waals surface area contributed by atoms with E-state index in [1.165, 1.54) is 58.1 Å². The van der Waals surface area contributed by atoms with Crippen LogP contribution in [0.5, 0.6) is 0 Å². The second kappa shape index (κ2) is 6.37. The van der Waals surface area contributed by atoms with Crippen LogP contribution in [-0.4, -0.2) is 4.98 Å². The number of hydrogen-bond donors (Lipinski definition) is 0. The molecule has 0 saturated heterocycles. The van der Waals surface area contributed by atoms with E-state index >= 15 is 0 Å². The lowest BCUT2D eigenvalue weighted by Gasteiger charge is -2.07. The van der Waals surface area contributed by atoms with E-state index in [-0.39, 0.29) is 0 Å². The molecule has 0 saturated carbocycles. The molecule has 0 fully saturated rings. The Balaban J connectivity index is 1.50. The molecule has 7 rings (SSSR count). The monoisotopic (exact) mass is 411 g/mol. The third-order valence-electron chi connectivity index (χ3n) is 6.27. The summed E-state index contributed by atoms with van der Waals surface area (Å²) < 4.78 is 2.57. The maximum atomic E-state index is 4.82. The molecule has 0 unspecified atom stereocenters. The molecule has 7 aromatic rings.